The standard InChI is InChI=1S/C21H23O2P/c1-4-17-15-21(2,3)20(23-17)16-24(22,18-11-7-5-8-12-18)19-13-9-6-10-14-19/h5-16H,4H2,1-3H3/b20-16-. The average molecular weight is 338 g/mol. The third-order valence-corrected chi connectivity index (χ3v) is 7.05. The molecule has 1 aliphatic rings. The van der Waals surface area contributed by atoms with Crippen molar-refractivity contribution in [2.24, 2.45) is 5.41 Å². The average Bonchev–Trinajstić information content (AvgIpc) is 2.90. The van der Waals surface area contributed by atoms with Crippen LogP contribution in [0.25, 0.3) is 0 Å². The molecular weight excluding hydrogens is 315 g/mol. The molecule has 2 aromatic carbocycles. The van der Waals surface area contributed by atoms with E-state index < -0.39 is 7.14 Å². The Labute approximate surface area is 144 Å². The van der Waals surface area contributed by atoms with Gasteiger partial charge in [-0.2, -0.15) is 0 Å². The zero-order valence-corrected chi connectivity index (χ0v) is 15.3. The highest BCUT2D eigenvalue weighted by Gasteiger charge is 2.35. The second-order valence-corrected chi connectivity index (χ2v) is 9.22. The Morgan fingerprint density at radius 3 is 1.88 bits per heavy atom. The summed E-state index contributed by atoms with van der Waals surface area (Å²) < 4.78 is 20.1. The molecule has 0 amide bonds. The predicted molar refractivity (Wildman–Crippen MR) is 101 cm³/mol. The normalized spacial score (nSPS) is 18.3. The van der Waals surface area contributed by atoms with Gasteiger partial charge in [0.25, 0.3) is 0 Å². The van der Waals surface area contributed by atoms with Crippen molar-refractivity contribution in [1.29, 1.82) is 0 Å². The summed E-state index contributed by atoms with van der Waals surface area (Å²) in [6.45, 7) is 6.27. The molecule has 0 saturated heterocycles. The van der Waals surface area contributed by atoms with Crippen LogP contribution in [0.4, 0.5) is 0 Å². The molecule has 0 radical (unpaired) electrons. The van der Waals surface area contributed by atoms with Gasteiger partial charge in [0.1, 0.15) is 11.5 Å². The summed E-state index contributed by atoms with van der Waals surface area (Å²) in [4.78, 5) is 0. The number of ether oxygens (including phenoxy) is 1. The summed E-state index contributed by atoms with van der Waals surface area (Å²) in [7, 11) is -2.91. The van der Waals surface area contributed by atoms with Crippen LogP contribution >= 0.6 is 7.14 Å². The second kappa shape index (κ2) is 6.45. The number of allylic oxidation sites excluding steroid dienone is 2. The molecular formula is C21H23O2P. The number of hydrogen-bond donors (Lipinski definition) is 0. The van der Waals surface area contributed by atoms with Crippen LogP contribution in [-0.2, 0) is 9.30 Å². The van der Waals surface area contributed by atoms with Crippen molar-refractivity contribution < 1.29 is 9.30 Å². The first kappa shape index (κ1) is 16.8. The van der Waals surface area contributed by atoms with Gasteiger partial charge in [-0.15, -0.1) is 0 Å². The number of rotatable bonds is 4. The van der Waals surface area contributed by atoms with E-state index in [2.05, 4.69) is 26.8 Å². The minimum absolute atomic E-state index is 0.245. The van der Waals surface area contributed by atoms with E-state index in [1.165, 1.54) is 0 Å². The lowest BCUT2D eigenvalue weighted by atomic mass is 9.92. The van der Waals surface area contributed by atoms with Gasteiger partial charge in [-0.3, -0.25) is 0 Å². The molecule has 0 aromatic heterocycles. The summed E-state index contributed by atoms with van der Waals surface area (Å²) in [5.74, 6) is 3.57. The Kier molecular flexibility index (Phi) is 4.51. The van der Waals surface area contributed by atoms with E-state index >= 15 is 0 Å². The molecule has 0 unspecified atom stereocenters. The van der Waals surface area contributed by atoms with Crippen molar-refractivity contribution >= 4 is 17.8 Å². The zero-order chi connectivity index (χ0) is 17.2. The Bertz CT molecular complexity index is 774. The SMILES string of the molecule is CCC1=CC(C)(C)/C(=C/P(=O)(c2ccccc2)c2ccccc2)O1. The fourth-order valence-electron chi connectivity index (χ4n) is 2.90. The fraction of sp³-hybridized carbons (Fsp3) is 0.238. The Hall–Kier alpha value is -2.05. The van der Waals surface area contributed by atoms with Crippen LogP contribution in [-0.4, -0.2) is 0 Å². The molecule has 2 nitrogen and oxygen atoms in total. The van der Waals surface area contributed by atoms with Gasteiger partial charge >= 0.3 is 0 Å². The first-order valence-corrected chi connectivity index (χ1v) is 10.1. The van der Waals surface area contributed by atoms with E-state index in [4.69, 9.17) is 4.74 Å². The highest BCUT2D eigenvalue weighted by atomic mass is 31.2. The highest BCUT2D eigenvalue weighted by Crippen LogP contribution is 2.51. The van der Waals surface area contributed by atoms with E-state index in [0.717, 1.165) is 28.5 Å². The molecule has 2 aromatic rings. The van der Waals surface area contributed by atoms with Crippen LogP contribution in [0.1, 0.15) is 27.2 Å². The lowest BCUT2D eigenvalue weighted by Gasteiger charge is -2.21. The molecule has 3 rings (SSSR count). The molecule has 0 saturated carbocycles. The molecule has 124 valence electrons. The smallest absolute Gasteiger partial charge is 0.167 e. The molecule has 0 N–H and O–H groups in total. The van der Waals surface area contributed by atoms with Crippen molar-refractivity contribution in [2.75, 3.05) is 0 Å². The van der Waals surface area contributed by atoms with E-state index in [1.54, 1.807) is 0 Å². The van der Waals surface area contributed by atoms with Crippen molar-refractivity contribution in [3.05, 3.63) is 84.1 Å². The predicted octanol–water partition coefficient (Wildman–Crippen LogP) is 5.19. The fourth-order valence-corrected chi connectivity index (χ4v) is 5.45. The van der Waals surface area contributed by atoms with Crippen molar-refractivity contribution in [3.63, 3.8) is 0 Å². The van der Waals surface area contributed by atoms with Gasteiger partial charge in [-0.25, -0.2) is 0 Å². The first-order chi connectivity index (χ1) is 11.5. The maximum absolute atomic E-state index is 14.1. The third-order valence-electron chi connectivity index (χ3n) is 4.33. The summed E-state index contributed by atoms with van der Waals surface area (Å²) in [5.41, 5.74) is -0.245. The molecule has 3 heteroatoms. The lowest BCUT2D eigenvalue weighted by molar-refractivity contribution is 0.272. The maximum Gasteiger partial charge on any atom is 0.167 e. The van der Waals surface area contributed by atoms with Gasteiger partial charge in [0.15, 0.2) is 7.14 Å². The summed E-state index contributed by atoms with van der Waals surface area (Å²) in [5, 5.41) is 1.65. The topological polar surface area (TPSA) is 26.3 Å². The monoisotopic (exact) mass is 338 g/mol. The number of benzene rings is 2. The van der Waals surface area contributed by atoms with Gasteiger partial charge < -0.3 is 9.30 Å². The van der Waals surface area contributed by atoms with Crippen LogP contribution in [0.2, 0.25) is 0 Å². The molecule has 1 aliphatic heterocycles. The molecule has 24 heavy (non-hydrogen) atoms. The third kappa shape index (κ3) is 3.12. The van der Waals surface area contributed by atoms with Crippen molar-refractivity contribution in [1.82, 2.24) is 0 Å². The molecule has 0 aliphatic carbocycles. The maximum atomic E-state index is 14.1. The minimum atomic E-state index is -2.91. The summed E-state index contributed by atoms with van der Waals surface area (Å²) in [6, 6.07) is 19.3. The number of hydrogen-bond acceptors (Lipinski definition) is 2. The Balaban J connectivity index is 2.15. The van der Waals surface area contributed by atoms with Gasteiger partial charge in [0.05, 0.1) is 0 Å². The molecule has 0 fully saturated rings. The van der Waals surface area contributed by atoms with Crippen LogP contribution in [0, 0.1) is 5.41 Å². The van der Waals surface area contributed by atoms with Crippen LogP contribution in [0.15, 0.2) is 84.1 Å². The van der Waals surface area contributed by atoms with Crippen LogP contribution in [0.3, 0.4) is 0 Å². The highest BCUT2D eigenvalue weighted by molar-refractivity contribution is 7.81. The van der Waals surface area contributed by atoms with Crippen molar-refractivity contribution in [3.8, 4) is 0 Å². The van der Waals surface area contributed by atoms with Crippen LogP contribution < -0.4 is 10.6 Å². The first-order valence-electron chi connectivity index (χ1n) is 8.29. The summed E-state index contributed by atoms with van der Waals surface area (Å²) >= 11 is 0. The molecule has 0 atom stereocenters. The zero-order valence-electron chi connectivity index (χ0n) is 14.4. The molecule has 0 bridgehead atoms. The molecule has 0 spiro atoms. The Morgan fingerprint density at radius 2 is 1.46 bits per heavy atom. The van der Waals surface area contributed by atoms with Gasteiger partial charge in [0.2, 0.25) is 0 Å². The van der Waals surface area contributed by atoms with Gasteiger partial charge in [-0.05, 0) is 19.9 Å². The van der Waals surface area contributed by atoms with E-state index in [9.17, 15) is 4.57 Å². The van der Waals surface area contributed by atoms with E-state index in [0.29, 0.717) is 0 Å². The summed E-state index contributed by atoms with van der Waals surface area (Å²) in [6.07, 6.45) is 2.96. The second-order valence-electron chi connectivity index (χ2n) is 6.61. The quantitative estimate of drug-likeness (QED) is 0.717. The lowest BCUT2D eigenvalue weighted by Crippen LogP contribution is -2.16. The van der Waals surface area contributed by atoms with Crippen LogP contribution in [0.5, 0.6) is 0 Å². The minimum Gasteiger partial charge on any atom is -0.465 e. The van der Waals surface area contributed by atoms with E-state index in [-0.39, 0.29) is 5.41 Å². The Morgan fingerprint density at radius 1 is 0.958 bits per heavy atom. The van der Waals surface area contributed by atoms with Gasteiger partial charge in [-0.1, -0.05) is 67.6 Å². The molecule has 1 heterocycles. The van der Waals surface area contributed by atoms with E-state index in [1.807, 2.05) is 66.5 Å². The van der Waals surface area contributed by atoms with Gasteiger partial charge in [0, 0.05) is 28.3 Å². The van der Waals surface area contributed by atoms with Crippen molar-refractivity contribution in [2.45, 2.75) is 27.2 Å². The largest absolute Gasteiger partial charge is 0.465 e.